The molecule has 176 valence electrons. The molecule has 10 heteroatoms. The summed E-state index contributed by atoms with van der Waals surface area (Å²) in [5.41, 5.74) is 1.63. The third-order valence-electron chi connectivity index (χ3n) is 5.23. The fraction of sp³-hybridized carbons (Fsp3) is 0. The lowest BCUT2D eigenvalue weighted by Crippen LogP contribution is -2.23. The standard InChI is InChI=1S/2C13H8N2O2S/c2*16-12-10-5-1-2-6-11(10)13(17)15(12)14-8-9-4-3-7-18-9/h2*1-8H/b2*14-8+. The smallest absolute Gasteiger partial charge is 0.267 e. The average molecular weight is 513 g/mol. The lowest BCUT2D eigenvalue weighted by molar-refractivity contribution is 0.0645. The van der Waals surface area contributed by atoms with Gasteiger partial charge in [-0.1, -0.05) is 36.4 Å². The average Bonchev–Trinajstić information content (AvgIpc) is 3.70. The molecule has 0 unspecified atom stereocenters. The molecule has 2 aliphatic rings. The van der Waals surface area contributed by atoms with Crippen LogP contribution in [0.3, 0.4) is 0 Å². The van der Waals surface area contributed by atoms with E-state index in [4.69, 9.17) is 0 Å². The number of rotatable bonds is 4. The fourth-order valence-corrected chi connectivity index (χ4v) is 4.68. The summed E-state index contributed by atoms with van der Waals surface area (Å²) in [6.45, 7) is 0. The first-order valence-corrected chi connectivity index (χ1v) is 12.4. The van der Waals surface area contributed by atoms with Crippen LogP contribution in [0, 0.1) is 0 Å². The molecule has 2 aliphatic heterocycles. The number of imide groups is 2. The Bertz CT molecular complexity index is 1340. The van der Waals surface area contributed by atoms with Crippen molar-refractivity contribution in [3.05, 3.63) is 116 Å². The van der Waals surface area contributed by atoms with E-state index >= 15 is 0 Å². The number of thiophene rings is 2. The first-order valence-electron chi connectivity index (χ1n) is 10.6. The maximum absolute atomic E-state index is 12.0. The molecule has 0 atom stereocenters. The largest absolute Gasteiger partial charge is 0.282 e. The second-order valence-electron chi connectivity index (χ2n) is 7.46. The third kappa shape index (κ3) is 4.42. The van der Waals surface area contributed by atoms with Gasteiger partial charge >= 0.3 is 0 Å². The van der Waals surface area contributed by atoms with Gasteiger partial charge in [0.15, 0.2) is 0 Å². The molecule has 4 heterocycles. The predicted molar refractivity (Wildman–Crippen MR) is 138 cm³/mol. The van der Waals surface area contributed by atoms with Crippen molar-refractivity contribution in [3.63, 3.8) is 0 Å². The van der Waals surface area contributed by atoms with E-state index in [2.05, 4.69) is 10.2 Å². The zero-order valence-electron chi connectivity index (χ0n) is 18.5. The van der Waals surface area contributed by atoms with Crippen LogP contribution in [-0.4, -0.2) is 46.1 Å². The monoisotopic (exact) mass is 512 g/mol. The molecular weight excluding hydrogens is 496 g/mol. The SMILES string of the molecule is O=C1c2ccccc2C(=O)N1/N=C/c1cccs1.O=C1c2ccccc2C(=O)N1/N=C/c1cccs1. The van der Waals surface area contributed by atoms with Crippen molar-refractivity contribution in [1.82, 2.24) is 10.0 Å². The number of hydrogen-bond donors (Lipinski definition) is 0. The molecule has 2 aromatic heterocycles. The van der Waals surface area contributed by atoms with Crippen LogP contribution < -0.4 is 0 Å². The molecule has 0 fully saturated rings. The van der Waals surface area contributed by atoms with E-state index < -0.39 is 0 Å². The number of hydrazone groups is 2. The highest BCUT2D eigenvalue weighted by atomic mass is 32.1. The van der Waals surface area contributed by atoms with Gasteiger partial charge in [0.05, 0.1) is 34.7 Å². The molecule has 0 saturated carbocycles. The van der Waals surface area contributed by atoms with E-state index in [0.717, 1.165) is 19.8 Å². The van der Waals surface area contributed by atoms with Crippen LogP contribution in [0.1, 0.15) is 51.2 Å². The number of carbonyl (C=O) groups excluding carboxylic acids is 4. The first kappa shape index (κ1) is 23.2. The first-order chi connectivity index (χ1) is 17.5. The van der Waals surface area contributed by atoms with Crippen LogP contribution >= 0.6 is 22.7 Å². The highest BCUT2D eigenvalue weighted by Crippen LogP contribution is 2.23. The van der Waals surface area contributed by atoms with E-state index in [0.29, 0.717) is 22.3 Å². The Morgan fingerprint density at radius 3 is 1.11 bits per heavy atom. The number of amides is 4. The Kier molecular flexibility index (Phi) is 6.44. The summed E-state index contributed by atoms with van der Waals surface area (Å²) >= 11 is 2.99. The van der Waals surface area contributed by atoms with Gasteiger partial charge < -0.3 is 0 Å². The molecular formula is C26H16N4O4S2. The predicted octanol–water partition coefficient (Wildman–Crippen LogP) is 4.76. The van der Waals surface area contributed by atoms with Crippen LogP contribution in [0.25, 0.3) is 0 Å². The van der Waals surface area contributed by atoms with E-state index in [1.54, 1.807) is 48.5 Å². The van der Waals surface area contributed by atoms with E-state index in [1.165, 1.54) is 35.1 Å². The van der Waals surface area contributed by atoms with Gasteiger partial charge in [-0.15, -0.1) is 22.7 Å². The van der Waals surface area contributed by atoms with Crippen molar-refractivity contribution in [2.75, 3.05) is 0 Å². The minimum absolute atomic E-state index is 0.372. The van der Waals surface area contributed by atoms with Gasteiger partial charge in [0.25, 0.3) is 23.6 Å². The summed E-state index contributed by atoms with van der Waals surface area (Å²) in [7, 11) is 0. The summed E-state index contributed by atoms with van der Waals surface area (Å²) < 4.78 is 0. The Hall–Kier alpha value is -4.54. The summed E-state index contributed by atoms with van der Waals surface area (Å²) in [5.74, 6) is -1.49. The third-order valence-corrected chi connectivity index (χ3v) is 6.85. The fourth-order valence-electron chi connectivity index (χ4n) is 3.52. The molecule has 0 N–H and O–H groups in total. The molecule has 0 radical (unpaired) electrons. The highest BCUT2D eigenvalue weighted by Gasteiger charge is 2.36. The Morgan fingerprint density at radius 2 is 0.833 bits per heavy atom. The highest BCUT2D eigenvalue weighted by molar-refractivity contribution is 7.12. The van der Waals surface area contributed by atoms with Crippen LogP contribution in [0.2, 0.25) is 0 Å². The van der Waals surface area contributed by atoms with Crippen molar-refractivity contribution < 1.29 is 19.2 Å². The summed E-state index contributed by atoms with van der Waals surface area (Å²) in [6, 6.07) is 21.0. The molecule has 0 bridgehead atoms. The summed E-state index contributed by atoms with van der Waals surface area (Å²) in [4.78, 5) is 49.6. The normalized spacial score (nSPS) is 14.6. The van der Waals surface area contributed by atoms with Gasteiger partial charge in [0.2, 0.25) is 0 Å². The molecule has 4 aromatic rings. The molecule has 0 saturated heterocycles. The van der Waals surface area contributed by atoms with Crippen molar-refractivity contribution >= 4 is 58.7 Å². The minimum Gasteiger partial charge on any atom is -0.267 e. The maximum atomic E-state index is 12.0. The van der Waals surface area contributed by atoms with Gasteiger partial charge in [-0.25, -0.2) is 0 Å². The topological polar surface area (TPSA) is 99.5 Å². The van der Waals surface area contributed by atoms with Crippen LogP contribution in [0.4, 0.5) is 0 Å². The van der Waals surface area contributed by atoms with E-state index in [-0.39, 0.29) is 23.6 Å². The number of fused-ring (bicyclic) bond motifs is 2. The molecule has 0 spiro atoms. The minimum atomic E-state index is -0.372. The second-order valence-corrected chi connectivity index (χ2v) is 9.41. The zero-order chi connectivity index (χ0) is 25.1. The molecule has 8 nitrogen and oxygen atoms in total. The van der Waals surface area contributed by atoms with E-state index in [1.807, 2.05) is 35.0 Å². The number of carbonyl (C=O) groups is 4. The quantitative estimate of drug-likeness (QED) is 0.291. The second kappa shape index (κ2) is 9.98. The van der Waals surface area contributed by atoms with Crippen molar-refractivity contribution in [3.8, 4) is 0 Å². The lowest BCUT2D eigenvalue weighted by atomic mass is 10.1. The van der Waals surface area contributed by atoms with Crippen LogP contribution in [0.15, 0.2) is 93.8 Å². The summed E-state index contributed by atoms with van der Waals surface area (Å²) in [6.07, 6.45) is 3.04. The molecule has 36 heavy (non-hydrogen) atoms. The van der Waals surface area contributed by atoms with Crippen LogP contribution in [-0.2, 0) is 0 Å². The Balaban J connectivity index is 0.000000148. The number of hydrogen-bond acceptors (Lipinski definition) is 8. The van der Waals surface area contributed by atoms with Gasteiger partial charge in [0, 0.05) is 9.75 Å². The Labute approximate surface area is 213 Å². The van der Waals surface area contributed by atoms with Crippen molar-refractivity contribution in [1.29, 1.82) is 0 Å². The number of benzene rings is 2. The van der Waals surface area contributed by atoms with Gasteiger partial charge in [-0.2, -0.15) is 20.2 Å². The summed E-state index contributed by atoms with van der Waals surface area (Å²) in [5, 5.41) is 13.6. The molecule has 4 amide bonds. The lowest BCUT2D eigenvalue weighted by Gasteiger charge is -2.04. The molecule has 6 rings (SSSR count). The zero-order valence-corrected chi connectivity index (χ0v) is 20.1. The van der Waals surface area contributed by atoms with Gasteiger partial charge in [-0.05, 0) is 47.2 Å². The van der Waals surface area contributed by atoms with Gasteiger partial charge in [0.1, 0.15) is 0 Å². The maximum Gasteiger partial charge on any atom is 0.282 e. The Morgan fingerprint density at radius 1 is 0.500 bits per heavy atom. The van der Waals surface area contributed by atoms with Crippen molar-refractivity contribution in [2.24, 2.45) is 10.2 Å². The van der Waals surface area contributed by atoms with Gasteiger partial charge in [-0.3, -0.25) is 19.2 Å². The van der Waals surface area contributed by atoms with Crippen molar-refractivity contribution in [2.45, 2.75) is 0 Å². The molecule has 0 aliphatic carbocycles. The molecule has 2 aromatic carbocycles. The number of nitrogens with zero attached hydrogens (tertiary/aromatic N) is 4. The van der Waals surface area contributed by atoms with Crippen LogP contribution in [0.5, 0.6) is 0 Å². The van der Waals surface area contributed by atoms with E-state index in [9.17, 15) is 19.2 Å².